The summed E-state index contributed by atoms with van der Waals surface area (Å²) in [6, 6.07) is 11.3. The van der Waals surface area contributed by atoms with Crippen LogP contribution >= 0.6 is 0 Å². The number of hydrogen-bond donors (Lipinski definition) is 1. The van der Waals surface area contributed by atoms with Crippen molar-refractivity contribution in [2.75, 3.05) is 14.1 Å². The Morgan fingerprint density at radius 2 is 1.94 bits per heavy atom. The minimum Gasteiger partial charge on any atom is -0.284 e. The van der Waals surface area contributed by atoms with Gasteiger partial charge in [0.2, 0.25) is 0 Å². The summed E-state index contributed by atoms with van der Waals surface area (Å²) in [7, 11) is 3.53. The number of carbonyl (C=O) groups excluding carboxylic acids is 1. The number of pyridine rings is 1. The highest BCUT2D eigenvalue weighted by molar-refractivity contribution is 5.94. The highest BCUT2D eigenvalue weighted by atomic mass is 16.2. The molecule has 0 unspecified atom stereocenters. The lowest BCUT2D eigenvalue weighted by Crippen LogP contribution is -2.36. The molecular weight excluding hydrogens is 202 g/mol. The van der Waals surface area contributed by atoms with Gasteiger partial charge >= 0.3 is 0 Å². The molecule has 1 N–H and O–H groups in total. The van der Waals surface area contributed by atoms with Crippen molar-refractivity contribution in [3.63, 3.8) is 0 Å². The van der Waals surface area contributed by atoms with E-state index in [0.29, 0.717) is 5.69 Å². The van der Waals surface area contributed by atoms with Gasteiger partial charge in [-0.05, 0) is 12.1 Å². The van der Waals surface area contributed by atoms with Gasteiger partial charge in [0.15, 0.2) is 0 Å². The molecule has 0 atom stereocenters. The third kappa shape index (κ3) is 2.17. The van der Waals surface area contributed by atoms with Gasteiger partial charge in [-0.2, -0.15) is 0 Å². The van der Waals surface area contributed by atoms with Crippen molar-refractivity contribution < 1.29 is 4.79 Å². The van der Waals surface area contributed by atoms with Crippen LogP contribution in [0, 0.1) is 0 Å². The van der Waals surface area contributed by atoms with Gasteiger partial charge in [-0.3, -0.25) is 10.2 Å². The van der Waals surface area contributed by atoms with Crippen molar-refractivity contribution in [1.82, 2.24) is 15.4 Å². The first kappa shape index (κ1) is 10.6. The molecule has 0 fully saturated rings. The first-order valence-electron chi connectivity index (χ1n) is 5.01. The van der Waals surface area contributed by atoms with E-state index in [2.05, 4.69) is 10.4 Å². The quantitative estimate of drug-likeness (QED) is 0.771. The van der Waals surface area contributed by atoms with E-state index in [-0.39, 0.29) is 5.91 Å². The summed E-state index contributed by atoms with van der Waals surface area (Å²) < 4.78 is 0. The average molecular weight is 215 g/mol. The van der Waals surface area contributed by atoms with Gasteiger partial charge in [0.25, 0.3) is 5.91 Å². The van der Waals surface area contributed by atoms with Crippen LogP contribution in [0.4, 0.5) is 0 Å². The summed E-state index contributed by atoms with van der Waals surface area (Å²) in [5.74, 6) is -0.198. The maximum absolute atomic E-state index is 11.7. The summed E-state index contributed by atoms with van der Waals surface area (Å²) >= 11 is 0. The topological polar surface area (TPSA) is 45.2 Å². The van der Waals surface area contributed by atoms with Gasteiger partial charge in [-0.1, -0.05) is 24.3 Å². The number of para-hydroxylation sites is 1. The van der Waals surface area contributed by atoms with Crippen LogP contribution in [-0.2, 0) is 0 Å². The Hall–Kier alpha value is -1.94. The average Bonchev–Trinajstić information content (AvgIpc) is 2.27. The molecule has 1 heterocycles. The zero-order chi connectivity index (χ0) is 11.5. The maximum atomic E-state index is 11.7. The van der Waals surface area contributed by atoms with E-state index in [1.807, 2.05) is 30.3 Å². The van der Waals surface area contributed by atoms with E-state index in [1.54, 1.807) is 25.2 Å². The number of aromatic nitrogens is 1. The minimum atomic E-state index is -0.198. The van der Waals surface area contributed by atoms with Gasteiger partial charge in [0.1, 0.15) is 5.69 Å². The van der Waals surface area contributed by atoms with E-state index >= 15 is 0 Å². The fourth-order valence-corrected chi connectivity index (χ4v) is 1.45. The van der Waals surface area contributed by atoms with Gasteiger partial charge in [0.05, 0.1) is 5.52 Å². The third-order valence-corrected chi connectivity index (χ3v) is 2.16. The third-order valence-electron chi connectivity index (χ3n) is 2.16. The normalized spacial score (nSPS) is 10.7. The van der Waals surface area contributed by atoms with Crippen molar-refractivity contribution in [2.45, 2.75) is 0 Å². The molecule has 0 saturated heterocycles. The largest absolute Gasteiger partial charge is 0.284 e. The molecule has 0 aliphatic rings. The molecule has 0 aliphatic carbocycles. The van der Waals surface area contributed by atoms with Crippen LogP contribution in [0.15, 0.2) is 36.4 Å². The van der Waals surface area contributed by atoms with Crippen molar-refractivity contribution in [3.05, 3.63) is 42.1 Å². The summed E-state index contributed by atoms with van der Waals surface area (Å²) in [6.07, 6.45) is 0. The van der Waals surface area contributed by atoms with Gasteiger partial charge in [0, 0.05) is 19.5 Å². The highest BCUT2D eigenvalue weighted by Gasteiger charge is 2.07. The van der Waals surface area contributed by atoms with Crippen molar-refractivity contribution in [2.24, 2.45) is 0 Å². The fourth-order valence-electron chi connectivity index (χ4n) is 1.45. The Balaban J connectivity index is 2.35. The molecule has 16 heavy (non-hydrogen) atoms. The van der Waals surface area contributed by atoms with Crippen LogP contribution < -0.4 is 5.43 Å². The molecule has 2 rings (SSSR count). The molecular formula is C12H13N3O. The smallest absolute Gasteiger partial charge is 0.284 e. The van der Waals surface area contributed by atoms with E-state index < -0.39 is 0 Å². The number of hydrazine groups is 1. The highest BCUT2D eigenvalue weighted by Crippen LogP contribution is 2.11. The van der Waals surface area contributed by atoms with E-state index in [4.69, 9.17) is 0 Å². The monoisotopic (exact) mass is 215 g/mol. The molecule has 1 aromatic carbocycles. The zero-order valence-corrected chi connectivity index (χ0v) is 9.27. The summed E-state index contributed by atoms with van der Waals surface area (Å²) in [5.41, 5.74) is 3.91. The van der Waals surface area contributed by atoms with Crippen LogP contribution in [0.25, 0.3) is 10.9 Å². The first-order valence-corrected chi connectivity index (χ1v) is 5.01. The summed E-state index contributed by atoms with van der Waals surface area (Å²) in [4.78, 5) is 16.0. The second-order valence-corrected chi connectivity index (χ2v) is 3.72. The predicted octanol–water partition coefficient (Wildman–Crippen LogP) is 1.44. The molecule has 0 spiro atoms. The van der Waals surface area contributed by atoms with Crippen LogP contribution in [0.1, 0.15) is 10.5 Å². The van der Waals surface area contributed by atoms with Gasteiger partial charge < -0.3 is 0 Å². The zero-order valence-electron chi connectivity index (χ0n) is 9.27. The Morgan fingerprint density at radius 1 is 1.19 bits per heavy atom. The fraction of sp³-hybridized carbons (Fsp3) is 0.167. The maximum Gasteiger partial charge on any atom is 0.284 e. The number of rotatable bonds is 2. The van der Waals surface area contributed by atoms with E-state index in [9.17, 15) is 4.79 Å². The predicted molar refractivity (Wildman–Crippen MR) is 62.9 cm³/mol. The van der Waals surface area contributed by atoms with Crippen molar-refractivity contribution in [3.8, 4) is 0 Å². The van der Waals surface area contributed by atoms with Crippen LogP contribution in [-0.4, -0.2) is 30.0 Å². The molecule has 0 radical (unpaired) electrons. The molecule has 0 bridgehead atoms. The number of nitrogens with zero attached hydrogens (tertiary/aromatic N) is 2. The number of carbonyl (C=O) groups is 1. The Kier molecular flexibility index (Phi) is 2.83. The standard InChI is InChI=1S/C12H13N3O/c1-15(2)14-12(16)11-8-7-9-5-3-4-6-10(9)13-11/h3-8H,1-2H3,(H,14,16). The summed E-state index contributed by atoms with van der Waals surface area (Å²) in [6.45, 7) is 0. The Bertz CT molecular complexity index is 522. The molecule has 0 aliphatic heterocycles. The molecule has 1 amide bonds. The van der Waals surface area contributed by atoms with Crippen molar-refractivity contribution in [1.29, 1.82) is 0 Å². The Labute approximate surface area is 93.9 Å². The number of fused-ring (bicyclic) bond motifs is 1. The molecule has 1 aromatic heterocycles. The van der Waals surface area contributed by atoms with Gasteiger partial charge in [-0.15, -0.1) is 0 Å². The summed E-state index contributed by atoms with van der Waals surface area (Å²) in [5, 5.41) is 2.63. The molecule has 0 saturated carbocycles. The number of amides is 1. The van der Waals surface area contributed by atoms with E-state index in [1.165, 1.54) is 0 Å². The second kappa shape index (κ2) is 4.28. The molecule has 82 valence electrons. The Morgan fingerprint density at radius 3 is 2.69 bits per heavy atom. The minimum absolute atomic E-state index is 0.198. The number of benzene rings is 1. The van der Waals surface area contributed by atoms with E-state index in [0.717, 1.165) is 10.9 Å². The SMILES string of the molecule is CN(C)NC(=O)c1ccc2ccccc2n1. The van der Waals surface area contributed by atoms with Crippen LogP contribution in [0.5, 0.6) is 0 Å². The van der Waals surface area contributed by atoms with Crippen LogP contribution in [0.3, 0.4) is 0 Å². The van der Waals surface area contributed by atoms with Gasteiger partial charge in [-0.25, -0.2) is 9.99 Å². The lowest BCUT2D eigenvalue weighted by atomic mass is 10.2. The number of nitrogens with one attached hydrogen (secondary N) is 1. The van der Waals surface area contributed by atoms with Crippen molar-refractivity contribution >= 4 is 16.8 Å². The lowest BCUT2D eigenvalue weighted by molar-refractivity contribution is 0.0852. The first-order chi connectivity index (χ1) is 7.66. The molecule has 2 aromatic rings. The molecule has 4 nitrogen and oxygen atoms in total. The molecule has 4 heteroatoms. The second-order valence-electron chi connectivity index (χ2n) is 3.72. The number of hydrogen-bond acceptors (Lipinski definition) is 3. The lowest BCUT2D eigenvalue weighted by Gasteiger charge is -2.11. The van der Waals surface area contributed by atoms with Crippen LogP contribution in [0.2, 0.25) is 0 Å².